The van der Waals surface area contributed by atoms with Crippen LogP contribution in [-0.4, -0.2) is 19.4 Å². The molecule has 0 atom stereocenters. The summed E-state index contributed by atoms with van der Waals surface area (Å²) in [5, 5.41) is 0. The van der Waals surface area contributed by atoms with Gasteiger partial charge < -0.3 is 0 Å². The molecule has 0 amide bonds. The maximum atomic E-state index is 13.0. The molecule has 1 aliphatic carbocycles. The molecule has 2 rings (SSSR count). The fourth-order valence-corrected chi connectivity index (χ4v) is 2.26. The van der Waals surface area contributed by atoms with E-state index < -0.39 is 22.1 Å². The smallest absolute Gasteiger partial charge is 0.266 e. The van der Waals surface area contributed by atoms with Crippen LogP contribution in [0.25, 0.3) is 0 Å². The Balaban J connectivity index is 2.13. The molecular weight excluding hydrogens is 240 g/mol. The van der Waals surface area contributed by atoms with Crippen LogP contribution in [0.5, 0.6) is 0 Å². The van der Waals surface area contributed by atoms with Gasteiger partial charge in [0.15, 0.2) is 0 Å². The van der Waals surface area contributed by atoms with Gasteiger partial charge >= 0.3 is 0 Å². The highest BCUT2D eigenvalue weighted by Gasteiger charge is 2.27. The third-order valence-corrected chi connectivity index (χ3v) is 3.09. The predicted octanol–water partition coefficient (Wildman–Crippen LogP) is 0.768. The van der Waals surface area contributed by atoms with Crippen LogP contribution in [0, 0.1) is 11.9 Å². The molecule has 1 heterocycles. The van der Waals surface area contributed by atoms with Crippen LogP contribution in [0.3, 0.4) is 0 Å². The highest BCUT2D eigenvalue weighted by Crippen LogP contribution is 2.20. The van der Waals surface area contributed by atoms with Gasteiger partial charge in [-0.25, -0.2) is 0 Å². The number of anilines is 1. The summed E-state index contributed by atoms with van der Waals surface area (Å²) in [6.07, 6.45) is 1.54. The standard InChI is InChI=1S/C8H9F2N3O2S/c9-7-4-3-6(8(10)11-7)13-16(14,15)12-5-1-2-5/h3-5,12-13H,1-2H2. The second-order valence-electron chi connectivity index (χ2n) is 3.47. The first-order valence-corrected chi connectivity index (χ1v) is 6.07. The topological polar surface area (TPSA) is 71.1 Å². The average molecular weight is 249 g/mol. The Kier molecular flexibility index (Phi) is 2.76. The molecule has 88 valence electrons. The van der Waals surface area contributed by atoms with Gasteiger partial charge in [-0.15, -0.1) is 0 Å². The van der Waals surface area contributed by atoms with Gasteiger partial charge in [0.25, 0.3) is 10.2 Å². The maximum Gasteiger partial charge on any atom is 0.299 e. The number of pyridine rings is 1. The van der Waals surface area contributed by atoms with Crippen molar-refractivity contribution in [3.8, 4) is 0 Å². The van der Waals surface area contributed by atoms with Gasteiger partial charge in [-0.2, -0.15) is 26.9 Å². The molecule has 1 fully saturated rings. The SMILES string of the molecule is O=S(=O)(Nc1ccc(F)nc1F)NC1CC1. The lowest BCUT2D eigenvalue weighted by Gasteiger charge is -2.08. The minimum Gasteiger partial charge on any atom is -0.266 e. The highest BCUT2D eigenvalue weighted by atomic mass is 32.2. The van der Waals surface area contributed by atoms with Crippen LogP contribution < -0.4 is 9.44 Å². The van der Waals surface area contributed by atoms with Crippen LogP contribution >= 0.6 is 0 Å². The van der Waals surface area contributed by atoms with Gasteiger partial charge in [0, 0.05) is 6.04 Å². The lowest BCUT2D eigenvalue weighted by atomic mass is 10.4. The largest absolute Gasteiger partial charge is 0.299 e. The summed E-state index contributed by atoms with van der Waals surface area (Å²) >= 11 is 0. The van der Waals surface area contributed by atoms with E-state index in [1.165, 1.54) is 0 Å². The first-order chi connectivity index (χ1) is 7.46. The van der Waals surface area contributed by atoms with Crippen molar-refractivity contribution in [2.75, 3.05) is 4.72 Å². The van der Waals surface area contributed by atoms with Gasteiger partial charge in [-0.05, 0) is 25.0 Å². The van der Waals surface area contributed by atoms with Crippen molar-refractivity contribution < 1.29 is 17.2 Å². The lowest BCUT2D eigenvalue weighted by molar-refractivity contribution is 0.515. The average Bonchev–Trinajstić information content (AvgIpc) is 2.93. The van der Waals surface area contributed by atoms with E-state index >= 15 is 0 Å². The van der Waals surface area contributed by atoms with Crippen LogP contribution in [0.4, 0.5) is 14.5 Å². The predicted molar refractivity (Wildman–Crippen MR) is 52.9 cm³/mol. The van der Waals surface area contributed by atoms with Gasteiger partial charge in [0.1, 0.15) is 5.69 Å². The van der Waals surface area contributed by atoms with Gasteiger partial charge in [-0.3, -0.25) is 4.72 Å². The molecule has 2 N–H and O–H groups in total. The van der Waals surface area contributed by atoms with Crippen molar-refractivity contribution in [2.45, 2.75) is 18.9 Å². The summed E-state index contributed by atoms with van der Waals surface area (Å²) in [6, 6.07) is 1.76. The third kappa shape index (κ3) is 2.86. The van der Waals surface area contributed by atoms with E-state index in [4.69, 9.17) is 0 Å². The number of aromatic nitrogens is 1. The Morgan fingerprint density at radius 2 is 2.00 bits per heavy atom. The number of halogens is 2. The molecule has 1 saturated carbocycles. The summed E-state index contributed by atoms with van der Waals surface area (Å²) in [7, 11) is -3.81. The summed E-state index contributed by atoms with van der Waals surface area (Å²) in [6.45, 7) is 0. The molecule has 0 bridgehead atoms. The molecule has 0 aliphatic heterocycles. The lowest BCUT2D eigenvalue weighted by Crippen LogP contribution is -2.32. The molecule has 0 radical (unpaired) electrons. The summed E-state index contributed by atoms with van der Waals surface area (Å²) in [4.78, 5) is 2.86. The normalized spacial score (nSPS) is 16.1. The first-order valence-electron chi connectivity index (χ1n) is 4.58. The van der Waals surface area contributed by atoms with E-state index in [9.17, 15) is 17.2 Å². The van der Waals surface area contributed by atoms with Crippen LogP contribution in [0.15, 0.2) is 12.1 Å². The Labute approximate surface area is 91.1 Å². The second kappa shape index (κ2) is 3.95. The summed E-state index contributed by atoms with van der Waals surface area (Å²) in [5.74, 6) is -2.20. The van der Waals surface area contributed by atoms with Crippen LogP contribution in [0.1, 0.15) is 12.8 Å². The van der Waals surface area contributed by atoms with Gasteiger partial charge in [0.2, 0.25) is 11.9 Å². The third-order valence-electron chi connectivity index (χ3n) is 1.96. The van der Waals surface area contributed by atoms with Crippen LogP contribution in [-0.2, 0) is 10.2 Å². The highest BCUT2D eigenvalue weighted by molar-refractivity contribution is 7.90. The van der Waals surface area contributed by atoms with E-state index in [0.29, 0.717) is 0 Å². The first kappa shape index (κ1) is 11.2. The van der Waals surface area contributed by atoms with E-state index in [1.54, 1.807) is 0 Å². The molecule has 16 heavy (non-hydrogen) atoms. The van der Waals surface area contributed by atoms with Crippen molar-refractivity contribution in [2.24, 2.45) is 0 Å². The van der Waals surface area contributed by atoms with Crippen molar-refractivity contribution >= 4 is 15.9 Å². The number of nitrogens with one attached hydrogen (secondary N) is 2. The fourth-order valence-electron chi connectivity index (χ4n) is 1.08. The zero-order valence-electron chi connectivity index (χ0n) is 8.07. The Hall–Kier alpha value is -1.28. The molecule has 1 aliphatic rings. The van der Waals surface area contributed by atoms with Crippen molar-refractivity contribution in [1.82, 2.24) is 9.71 Å². The zero-order chi connectivity index (χ0) is 11.8. The quantitative estimate of drug-likeness (QED) is 0.774. The molecule has 0 spiro atoms. The summed E-state index contributed by atoms with van der Waals surface area (Å²) in [5.41, 5.74) is -0.380. The maximum absolute atomic E-state index is 13.0. The Morgan fingerprint density at radius 3 is 2.56 bits per heavy atom. The molecule has 5 nitrogen and oxygen atoms in total. The van der Waals surface area contributed by atoms with Crippen molar-refractivity contribution in [3.05, 3.63) is 24.0 Å². The van der Waals surface area contributed by atoms with E-state index in [0.717, 1.165) is 25.0 Å². The van der Waals surface area contributed by atoms with Gasteiger partial charge in [0.05, 0.1) is 0 Å². The molecule has 0 saturated heterocycles. The van der Waals surface area contributed by atoms with Crippen molar-refractivity contribution in [3.63, 3.8) is 0 Å². The number of hydrogen-bond acceptors (Lipinski definition) is 3. The molecule has 0 unspecified atom stereocenters. The molecular formula is C8H9F2N3O2S. The molecule has 1 aromatic heterocycles. The minimum absolute atomic E-state index is 0.0889. The Bertz CT molecular complexity index is 502. The molecule has 8 heteroatoms. The van der Waals surface area contributed by atoms with Gasteiger partial charge in [-0.1, -0.05) is 0 Å². The molecule has 0 aromatic carbocycles. The summed E-state index contributed by atoms with van der Waals surface area (Å²) < 4.78 is 52.5. The monoisotopic (exact) mass is 249 g/mol. The number of rotatable bonds is 4. The Morgan fingerprint density at radius 1 is 1.31 bits per heavy atom. The fraction of sp³-hybridized carbons (Fsp3) is 0.375. The number of hydrogen-bond donors (Lipinski definition) is 2. The van der Waals surface area contributed by atoms with E-state index in [-0.39, 0.29) is 11.7 Å². The zero-order valence-corrected chi connectivity index (χ0v) is 8.89. The second-order valence-corrected chi connectivity index (χ2v) is 4.92. The van der Waals surface area contributed by atoms with E-state index in [1.807, 2.05) is 4.72 Å². The van der Waals surface area contributed by atoms with E-state index in [2.05, 4.69) is 9.71 Å². The molecule has 1 aromatic rings. The van der Waals surface area contributed by atoms with Crippen molar-refractivity contribution in [1.29, 1.82) is 0 Å². The number of nitrogens with zero attached hydrogens (tertiary/aromatic N) is 1. The minimum atomic E-state index is -3.81. The van der Waals surface area contributed by atoms with Crippen LogP contribution in [0.2, 0.25) is 0 Å².